The highest BCUT2D eigenvalue weighted by molar-refractivity contribution is 7.80. The van der Waals surface area contributed by atoms with Crippen molar-refractivity contribution in [1.82, 2.24) is 0 Å². The van der Waals surface area contributed by atoms with E-state index in [4.69, 9.17) is 5.11 Å². The van der Waals surface area contributed by atoms with E-state index >= 15 is 0 Å². The SMILES string of the molecule is C[NH+](C)CCO.O=C([O-])CCS. The first-order valence-electron chi connectivity index (χ1n) is 3.75. The minimum absolute atomic E-state index is 0.0448. The normalized spacial score (nSPS) is 9.08. The highest BCUT2D eigenvalue weighted by Gasteiger charge is 1.84. The molecule has 0 radical (unpaired) electrons. The molecule has 0 rings (SSSR count). The molecule has 5 heteroatoms. The summed E-state index contributed by atoms with van der Waals surface area (Å²) < 4.78 is 0. The number of carbonyl (C=O) groups excluding carboxylic acids is 1. The molecule has 0 heterocycles. The molecule has 0 spiro atoms. The van der Waals surface area contributed by atoms with Gasteiger partial charge in [-0.05, 0) is 12.2 Å². The van der Waals surface area contributed by atoms with Crippen molar-refractivity contribution in [1.29, 1.82) is 0 Å². The van der Waals surface area contributed by atoms with Gasteiger partial charge >= 0.3 is 0 Å². The number of hydrogen-bond acceptors (Lipinski definition) is 4. The zero-order valence-electron chi connectivity index (χ0n) is 7.54. The Balaban J connectivity index is 0. The standard InChI is InChI=1S/C4H11NO.C3H6O2S/c1-5(2)3-4-6;4-3(5)1-2-6/h6H,3-4H2,1-2H3;6H,1-2H2,(H,4,5). The average molecular weight is 195 g/mol. The van der Waals surface area contributed by atoms with E-state index in [1.54, 1.807) is 0 Å². The molecule has 0 saturated carbocycles. The van der Waals surface area contributed by atoms with Crippen LogP contribution in [0.15, 0.2) is 0 Å². The largest absolute Gasteiger partial charge is 0.550 e. The molecule has 0 aliphatic heterocycles. The molecule has 0 unspecified atom stereocenters. The molecule has 2 N–H and O–H groups in total. The summed E-state index contributed by atoms with van der Waals surface area (Å²) in [5.41, 5.74) is 0. The van der Waals surface area contributed by atoms with Gasteiger partial charge in [-0.25, -0.2) is 0 Å². The van der Waals surface area contributed by atoms with Gasteiger partial charge in [-0.1, -0.05) is 0 Å². The van der Waals surface area contributed by atoms with E-state index in [0.717, 1.165) is 6.54 Å². The van der Waals surface area contributed by atoms with E-state index in [0.29, 0.717) is 12.4 Å². The van der Waals surface area contributed by atoms with Gasteiger partial charge in [-0.15, -0.1) is 0 Å². The molecule has 0 amide bonds. The number of hydrogen-bond donors (Lipinski definition) is 3. The van der Waals surface area contributed by atoms with Crippen molar-refractivity contribution < 1.29 is 19.9 Å². The van der Waals surface area contributed by atoms with Gasteiger partial charge in [0.25, 0.3) is 0 Å². The van der Waals surface area contributed by atoms with Gasteiger partial charge < -0.3 is 19.9 Å². The van der Waals surface area contributed by atoms with Crippen LogP contribution in [0.1, 0.15) is 6.42 Å². The summed E-state index contributed by atoms with van der Waals surface area (Å²) in [7, 11) is 4.02. The molecule has 0 bridgehead atoms. The molecule has 4 nitrogen and oxygen atoms in total. The Labute approximate surface area is 78.6 Å². The Hall–Kier alpha value is -0.260. The van der Waals surface area contributed by atoms with Gasteiger partial charge in [0.2, 0.25) is 0 Å². The lowest BCUT2D eigenvalue weighted by Crippen LogP contribution is -3.06. The fourth-order valence-electron chi connectivity index (χ4n) is 0.315. The van der Waals surface area contributed by atoms with Crippen LogP contribution in [0.5, 0.6) is 0 Å². The second-order valence-electron chi connectivity index (χ2n) is 2.53. The predicted molar refractivity (Wildman–Crippen MR) is 48.2 cm³/mol. The number of carbonyl (C=O) groups is 1. The molecule has 0 aromatic carbocycles. The summed E-state index contributed by atoms with van der Waals surface area (Å²) in [5.74, 6) is -0.674. The fraction of sp³-hybridized carbons (Fsp3) is 0.857. The van der Waals surface area contributed by atoms with Crippen molar-refractivity contribution in [3.63, 3.8) is 0 Å². The Kier molecular flexibility index (Phi) is 12.8. The van der Waals surface area contributed by atoms with Crippen molar-refractivity contribution >= 4 is 18.6 Å². The van der Waals surface area contributed by atoms with Gasteiger partial charge in [0.05, 0.1) is 20.7 Å². The third-order valence-electron chi connectivity index (χ3n) is 0.928. The maximum absolute atomic E-state index is 9.44. The second kappa shape index (κ2) is 10.7. The number of carboxylic acid groups (broad SMARTS) is 1. The lowest BCUT2D eigenvalue weighted by atomic mass is 10.5. The van der Waals surface area contributed by atoms with Gasteiger partial charge in [0.15, 0.2) is 0 Å². The second-order valence-corrected chi connectivity index (χ2v) is 2.97. The van der Waals surface area contributed by atoms with Crippen LogP contribution < -0.4 is 10.0 Å². The summed E-state index contributed by atoms with van der Waals surface area (Å²) in [6, 6.07) is 0. The van der Waals surface area contributed by atoms with Crippen LogP contribution >= 0.6 is 12.6 Å². The zero-order chi connectivity index (χ0) is 9.98. The average Bonchev–Trinajstić information content (AvgIpc) is 1.87. The Morgan fingerprint density at radius 2 is 2.08 bits per heavy atom. The number of likely N-dealkylation sites (N-methyl/N-ethyl adjacent to an activating group) is 1. The van der Waals surface area contributed by atoms with Gasteiger partial charge in [-0.2, -0.15) is 12.6 Å². The number of nitrogens with one attached hydrogen (secondary N) is 1. The number of thiol groups is 1. The van der Waals surface area contributed by atoms with E-state index < -0.39 is 5.97 Å². The number of carboxylic acids is 1. The molecule has 0 atom stereocenters. The van der Waals surface area contributed by atoms with Crippen molar-refractivity contribution in [2.45, 2.75) is 6.42 Å². The minimum atomic E-state index is -1.04. The van der Waals surface area contributed by atoms with Crippen molar-refractivity contribution in [3.05, 3.63) is 0 Å². The molecule has 0 aromatic rings. The number of rotatable bonds is 4. The number of aliphatic carboxylic acids is 1. The minimum Gasteiger partial charge on any atom is -0.550 e. The molecular formula is C7H17NO3S. The molecule has 74 valence electrons. The van der Waals surface area contributed by atoms with Crippen LogP contribution in [0.3, 0.4) is 0 Å². The Morgan fingerprint density at radius 1 is 1.58 bits per heavy atom. The monoisotopic (exact) mass is 195 g/mol. The maximum atomic E-state index is 9.44. The molecule has 0 fully saturated rings. The molecule has 0 aliphatic rings. The predicted octanol–water partition coefficient (Wildman–Crippen LogP) is -2.82. The molecule has 0 aliphatic carbocycles. The number of aliphatic hydroxyl groups excluding tert-OH is 1. The summed E-state index contributed by atoms with van der Waals surface area (Å²) in [6.07, 6.45) is 0.0448. The van der Waals surface area contributed by atoms with Crippen LogP contribution in [0.2, 0.25) is 0 Å². The highest BCUT2D eigenvalue weighted by atomic mass is 32.1. The van der Waals surface area contributed by atoms with Crippen LogP contribution in [0, 0.1) is 0 Å². The summed E-state index contributed by atoms with van der Waals surface area (Å²) in [4.78, 5) is 10.7. The lowest BCUT2D eigenvalue weighted by Gasteiger charge is -2.00. The van der Waals surface area contributed by atoms with E-state index in [-0.39, 0.29) is 6.42 Å². The number of aliphatic hydroxyl groups is 1. The summed E-state index contributed by atoms with van der Waals surface area (Å²) in [6.45, 7) is 1.14. The van der Waals surface area contributed by atoms with E-state index in [1.165, 1.54) is 4.90 Å². The molecule has 0 aromatic heterocycles. The maximum Gasteiger partial charge on any atom is 0.100 e. The van der Waals surface area contributed by atoms with Gasteiger partial charge in [-0.3, -0.25) is 0 Å². The topological polar surface area (TPSA) is 64.8 Å². The first-order valence-corrected chi connectivity index (χ1v) is 4.38. The summed E-state index contributed by atoms with van der Waals surface area (Å²) in [5, 5.41) is 17.7. The smallest absolute Gasteiger partial charge is 0.100 e. The van der Waals surface area contributed by atoms with Crippen LogP contribution in [0.25, 0.3) is 0 Å². The first-order chi connectivity index (χ1) is 5.54. The Bertz CT molecular complexity index is 109. The highest BCUT2D eigenvalue weighted by Crippen LogP contribution is 1.77. The quantitative estimate of drug-likeness (QED) is 0.424. The van der Waals surface area contributed by atoms with Crippen LogP contribution in [-0.2, 0) is 4.79 Å². The van der Waals surface area contributed by atoms with Crippen LogP contribution in [0.4, 0.5) is 0 Å². The van der Waals surface area contributed by atoms with E-state index in [2.05, 4.69) is 12.6 Å². The molecule has 12 heavy (non-hydrogen) atoms. The van der Waals surface area contributed by atoms with Crippen LogP contribution in [-0.4, -0.2) is 44.1 Å². The van der Waals surface area contributed by atoms with E-state index in [9.17, 15) is 9.90 Å². The van der Waals surface area contributed by atoms with E-state index in [1.807, 2.05) is 14.1 Å². The van der Waals surface area contributed by atoms with Crippen molar-refractivity contribution in [3.8, 4) is 0 Å². The zero-order valence-corrected chi connectivity index (χ0v) is 8.43. The number of quaternary nitrogens is 1. The Morgan fingerprint density at radius 3 is 2.08 bits per heavy atom. The molecular weight excluding hydrogens is 178 g/mol. The van der Waals surface area contributed by atoms with Gasteiger partial charge in [0, 0.05) is 5.97 Å². The third-order valence-corrected chi connectivity index (χ3v) is 1.15. The first kappa shape index (κ1) is 14.3. The van der Waals surface area contributed by atoms with Gasteiger partial charge in [0.1, 0.15) is 6.54 Å². The van der Waals surface area contributed by atoms with Crippen molar-refractivity contribution in [2.75, 3.05) is 33.0 Å². The summed E-state index contributed by atoms with van der Waals surface area (Å²) >= 11 is 3.64. The molecule has 0 saturated heterocycles. The van der Waals surface area contributed by atoms with Crippen molar-refractivity contribution in [2.24, 2.45) is 0 Å². The lowest BCUT2D eigenvalue weighted by molar-refractivity contribution is -0.858. The third kappa shape index (κ3) is 22.6. The fourth-order valence-corrected chi connectivity index (χ4v) is 0.497.